The Morgan fingerprint density at radius 3 is 0.805 bits per heavy atom. The van der Waals surface area contributed by atoms with Gasteiger partial charge in [-0.05, 0) is 122 Å². The number of ether oxygens (including phenoxy) is 3. The van der Waals surface area contributed by atoms with Gasteiger partial charge in [-0.1, -0.05) is 304 Å². The van der Waals surface area contributed by atoms with Gasteiger partial charge in [-0.3, -0.25) is 14.4 Å². The molecular weight excluding hydrogens is 1010 g/mol. The maximum Gasteiger partial charge on any atom is 0.306 e. The van der Waals surface area contributed by atoms with E-state index in [9.17, 15) is 14.4 Å². The molecule has 0 aliphatic rings. The number of esters is 3. The lowest BCUT2D eigenvalue weighted by molar-refractivity contribution is -0.167. The third-order valence-electron chi connectivity index (χ3n) is 15.0. The third kappa shape index (κ3) is 66.9. The second-order valence-corrected chi connectivity index (χ2v) is 23.1. The van der Waals surface area contributed by atoms with Gasteiger partial charge in [0, 0.05) is 19.3 Å². The lowest BCUT2D eigenvalue weighted by atomic mass is 10.0. The highest BCUT2D eigenvalue weighted by Gasteiger charge is 2.19. The molecule has 0 aromatic rings. The van der Waals surface area contributed by atoms with E-state index in [1.54, 1.807) is 0 Å². The Bertz CT molecular complexity index is 1640. The van der Waals surface area contributed by atoms with Crippen molar-refractivity contribution in [3.8, 4) is 0 Å². The molecule has 6 heteroatoms. The Balaban J connectivity index is 4.19. The summed E-state index contributed by atoms with van der Waals surface area (Å²) >= 11 is 0. The van der Waals surface area contributed by atoms with E-state index < -0.39 is 6.10 Å². The Labute approximate surface area is 508 Å². The van der Waals surface area contributed by atoms with Crippen LogP contribution in [0.25, 0.3) is 0 Å². The van der Waals surface area contributed by atoms with E-state index in [0.717, 1.165) is 116 Å². The first-order chi connectivity index (χ1) is 40.5. The molecule has 0 amide bonds. The fraction of sp³-hybridized carbons (Fsp3) is 0.724. The highest BCUT2D eigenvalue weighted by molar-refractivity contribution is 5.71. The number of hydrogen-bond donors (Lipinski definition) is 0. The summed E-state index contributed by atoms with van der Waals surface area (Å²) < 4.78 is 16.9. The third-order valence-corrected chi connectivity index (χ3v) is 15.0. The maximum absolute atomic E-state index is 12.9. The van der Waals surface area contributed by atoms with Crippen LogP contribution in [0, 0.1) is 0 Å². The lowest BCUT2D eigenvalue weighted by Gasteiger charge is -2.18. The van der Waals surface area contributed by atoms with Gasteiger partial charge in [0.05, 0.1) is 0 Å². The molecule has 6 nitrogen and oxygen atoms in total. The molecule has 0 saturated heterocycles. The first-order valence-electron chi connectivity index (χ1n) is 34.9. The van der Waals surface area contributed by atoms with Gasteiger partial charge in [-0.25, -0.2) is 0 Å². The van der Waals surface area contributed by atoms with Crippen LogP contribution in [0.15, 0.2) is 109 Å². The highest BCUT2D eigenvalue weighted by atomic mass is 16.6. The van der Waals surface area contributed by atoms with Crippen molar-refractivity contribution < 1.29 is 28.6 Å². The van der Waals surface area contributed by atoms with E-state index >= 15 is 0 Å². The Morgan fingerprint density at radius 1 is 0.256 bits per heavy atom. The van der Waals surface area contributed by atoms with Crippen LogP contribution in [0.5, 0.6) is 0 Å². The van der Waals surface area contributed by atoms with E-state index in [4.69, 9.17) is 14.2 Å². The van der Waals surface area contributed by atoms with Gasteiger partial charge >= 0.3 is 17.9 Å². The fourth-order valence-corrected chi connectivity index (χ4v) is 9.78. The van der Waals surface area contributed by atoms with Crippen molar-refractivity contribution in [1.29, 1.82) is 0 Å². The van der Waals surface area contributed by atoms with Gasteiger partial charge in [0.2, 0.25) is 0 Å². The number of rotatable bonds is 63. The van der Waals surface area contributed by atoms with E-state index in [1.165, 1.54) is 180 Å². The second-order valence-electron chi connectivity index (χ2n) is 23.1. The summed E-state index contributed by atoms with van der Waals surface area (Å²) in [5, 5.41) is 0. The Hall–Kier alpha value is -3.93. The summed E-state index contributed by atoms with van der Waals surface area (Å²) in [6, 6.07) is 0. The lowest BCUT2D eigenvalue weighted by Crippen LogP contribution is -2.30. The van der Waals surface area contributed by atoms with Gasteiger partial charge in [0.15, 0.2) is 6.10 Å². The van der Waals surface area contributed by atoms with Crippen molar-refractivity contribution in [3.63, 3.8) is 0 Å². The van der Waals surface area contributed by atoms with Gasteiger partial charge in [0.25, 0.3) is 0 Å². The molecule has 1 atom stereocenters. The summed E-state index contributed by atoms with van der Waals surface area (Å²) in [5.41, 5.74) is 0. The molecule has 0 N–H and O–H groups in total. The van der Waals surface area contributed by atoms with E-state index in [0.29, 0.717) is 19.3 Å². The maximum atomic E-state index is 12.9. The zero-order valence-corrected chi connectivity index (χ0v) is 54.0. The molecule has 0 fully saturated rings. The van der Waals surface area contributed by atoms with Crippen LogP contribution in [-0.4, -0.2) is 37.2 Å². The molecule has 0 bridgehead atoms. The molecule has 0 heterocycles. The SMILES string of the molecule is CC/C=C\C/C=C\C/C=C\C/C=C\C/C=C\C/C=C\CCCCCCCCCCCCCCC(=O)OCC(COC(=O)CCCCCCC/C=C\CCC)OC(=O)CCCCCCCCCCCCC/C=C\C/C=C\CCCCCCC. The van der Waals surface area contributed by atoms with Crippen molar-refractivity contribution in [2.45, 2.75) is 341 Å². The first kappa shape index (κ1) is 78.1. The molecule has 0 aliphatic carbocycles. The highest BCUT2D eigenvalue weighted by Crippen LogP contribution is 2.17. The number of allylic oxidation sites excluding steroid dienone is 18. The van der Waals surface area contributed by atoms with E-state index in [2.05, 4.69) is 130 Å². The summed E-state index contributed by atoms with van der Waals surface area (Å²) in [4.78, 5) is 38.3. The quantitative estimate of drug-likeness (QED) is 0.0261. The smallest absolute Gasteiger partial charge is 0.306 e. The van der Waals surface area contributed by atoms with Crippen molar-refractivity contribution in [2.75, 3.05) is 13.2 Å². The van der Waals surface area contributed by atoms with Crippen molar-refractivity contribution in [1.82, 2.24) is 0 Å². The fourth-order valence-electron chi connectivity index (χ4n) is 9.78. The average Bonchev–Trinajstić information content (AvgIpc) is 3.47. The van der Waals surface area contributed by atoms with Crippen LogP contribution >= 0.6 is 0 Å². The van der Waals surface area contributed by atoms with Crippen LogP contribution in [0.1, 0.15) is 335 Å². The number of carbonyl (C=O) groups excluding carboxylic acids is 3. The van der Waals surface area contributed by atoms with Crippen LogP contribution in [-0.2, 0) is 28.6 Å². The molecule has 82 heavy (non-hydrogen) atoms. The van der Waals surface area contributed by atoms with Crippen LogP contribution < -0.4 is 0 Å². The van der Waals surface area contributed by atoms with E-state index in [-0.39, 0.29) is 31.1 Å². The summed E-state index contributed by atoms with van der Waals surface area (Å²) in [5.74, 6) is -0.885. The van der Waals surface area contributed by atoms with Crippen LogP contribution in [0.4, 0.5) is 0 Å². The molecule has 0 radical (unpaired) electrons. The minimum Gasteiger partial charge on any atom is -0.462 e. The summed E-state index contributed by atoms with van der Waals surface area (Å²) in [6.07, 6.45) is 95.5. The molecule has 470 valence electrons. The monoisotopic (exact) mass is 1140 g/mol. The zero-order chi connectivity index (χ0) is 59.2. The number of unbranched alkanes of at least 4 members (excludes halogenated alkanes) is 34. The Kier molecular flexibility index (Phi) is 66.2. The molecule has 0 rings (SSSR count). The van der Waals surface area contributed by atoms with Gasteiger partial charge in [-0.2, -0.15) is 0 Å². The molecule has 1 unspecified atom stereocenters. The molecule has 0 aromatic heterocycles. The molecule has 0 saturated carbocycles. The van der Waals surface area contributed by atoms with Crippen molar-refractivity contribution >= 4 is 17.9 Å². The zero-order valence-electron chi connectivity index (χ0n) is 54.0. The van der Waals surface area contributed by atoms with E-state index in [1.807, 2.05) is 0 Å². The number of hydrogen-bond acceptors (Lipinski definition) is 6. The normalized spacial score (nSPS) is 12.8. The average molecular weight is 1140 g/mol. The number of carbonyl (C=O) groups is 3. The van der Waals surface area contributed by atoms with Crippen LogP contribution in [0.3, 0.4) is 0 Å². The standard InChI is InChI=1S/C76H130O6/c1-4-7-10-13-16-19-22-24-26-28-30-32-34-35-36-37-38-39-40-41-43-44-46-48-50-52-54-57-60-63-66-69-75(78)81-72-73(71-80-74(77)68-65-62-59-56-21-18-15-12-9-6-3)82-76(79)70-67-64-61-58-55-53-51-49-47-45-42-33-31-29-27-25-23-20-17-14-11-8-5-2/h7,10,12,15-16,19,23-26,29-32,35-36,38-39,73H,4-6,8-9,11,13-14,17-18,20-22,27-28,33-34,37,40-72H2,1-3H3/b10-7-,15-12-,19-16-,25-23-,26-24-,31-29-,32-30-,36-35-,39-38-. The molecule has 0 spiro atoms. The van der Waals surface area contributed by atoms with Gasteiger partial charge < -0.3 is 14.2 Å². The molecule has 0 aliphatic heterocycles. The summed E-state index contributed by atoms with van der Waals surface area (Å²) in [6.45, 7) is 6.47. The largest absolute Gasteiger partial charge is 0.462 e. The van der Waals surface area contributed by atoms with Gasteiger partial charge in [0.1, 0.15) is 13.2 Å². The summed E-state index contributed by atoms with van der Waals surface area (Å²) in [7, 11) is 0. The minimum absolute atomic E-state index is 0.0811. The minimum atomic E-state index is -0.784. The first-order valence-corrected chi connectivity index (χ1v) is 34.9. The van der Waals surface area contributed by atoms with Crippen molar-refractivity contribution in [3.05, 3.63) is 109 Å². The molecular formula is C76H130O6. The Morgan fingerprint density at radius 2 is 0.500 bits per heavy atom. The predicted octanol–water partition coefficient (Wildman–Crippen LogP) is 24.2. The predicted molar refractivity (Wildman–Crippen MR) is 357 cm³/mol. The topological polar surface area (TPSA) is 78.9 Å². The van der Waals surface area contributed by atoms with Crippen LogP contribution in [0.2, 0.25) is 0 Å². The molecule has 0 aromatic carbocycles. The van der Waals surface area contributed by atoms with Gasteiger partial charge in [-0.15, -0.1) is 0 Å². The van der Waals surface area contributed by atoms with Crippen molar-refractivity contribution in [2.24, 2.45) is 0 Å². The second kappa shape index (κ2) is 69.6.